The van der Waals surface area contributed by atoms with Crippen LogP contribution >= 0.6 is 0 Å². The van der Waals surface area contributed by atoms with Crippen molar-refractivity contribution in [1.82, 2.24) is 10.2 Å². The lowest BCUT2D eigenvalue weighted by Crippen LogP contribution is -2.41. The van der Waals surface area contributed by atoms with Crippen LogP contribution in [0.25, 0.3) is 0 Å². The largest absolute Gasteiger partial charge is 0.416 e. The van der Waals surface area contributed by atoms with E-state index in [4.69, 9.17) is 0 Å². The zero-order valence-electron chi connectivity index (χ0n) is 15.1. The van der Waals surface area contributed by atoms with Crippen LogP contribution in [0.5, 0.6) is 0 Å². The van der Waals surface area contributed by atoms with Gasteiger partial charge in [-0.15, -0.1) is 0 Å². The molecule has 0 fully saturated rings. The van der Waals surface area contributed by atoms with Crippen molar-refractivity contribution in [2.75, 3.05) is 25.5 Å². The average Bonchev–Trinajstić information content (AvgIpc) is 2.52. The van der Waals surface area contributed by atoms with Crippen LogP contribution in [0, 0.1) is 10.1 Å². The van der Waals surface area contributed by atoms with Crippen molar-refractivity contribution in [3.63, 3.8) is 0 Å². The van der Waals surface area contributed by atoms with Gasteiger partial charge in [-0.05, 0) is 26.0 Å². The quantitative estimate of drug-likeness (QED) is 0.524. The zero-order chi connectivity index (χ0) is 20.8. The average molecular weight is 390 g/mol. The highest BCUT2D eigenvalue weighted by Gasteiger charge is 2.33. The van der Waals surface area contributed by atoms with Crippen LogP contribution in [0.4, 0.5) is 24.5 Å². The van der Waals surface area contributed by atoms with Crippen LogP contribution in [-0.2, 0) is 15.8 Å². The van der Waals surface area contributed by atoms with Crippen molar-refractivity contribution >= 4 is 23.2 Å². The highest BCUT2D eigenvalue weighted by molar-refractivity contribution is 5.85. The fourth-order valence-electron chi connectivity index (χ4n) is 2.17. The number of alkyl halides is 3. The van der Waals surface area contributed by atoms with Gasteiger partial charge in [0.05, 0.1) is 17.0 Å². The third-order valence-electron chi connectivity index (χ3n) is 3.43. The molecule has 0 aliphatic rings. The third-order valence-corrected chi connectivity index (χ3v) is 3.43. The van der Waals surface area contributed by atoms with E-state index in [2.05, 4.69) is 10.6 Å². The number of anilines is 1. The normalized spacial score (nSPS) is 11.2. The molecule has 27 heavy (non-hydrogen) atoms. The SMILES string of the molecule is CC(C)NC(=O)CN(C)C(=O)CCNc1ccc(C(F)(F)F)cc1[N+](=O)[O-]. The summed E-state index contributed by atoms with van der Waals surface area (Å²) in [7, 11) is 1.43. The highest BCUT2D eigenvalue weighted by atomic mass is 19.4. The Kier molecular flexibility index (Phi) is 7.56. The van der Waals surface area contributed by atoms with Gasteiger partial charge in [0.1, 0.15) is 5.69 Å². The van der Waals surface area contributed by atoms with E-state index in [1.165, 1.54) is 11.9 Å². The van der Waals surface area contributed by atoms with E-state index >= 15 is 0 Å². The summed E-state index contributed by atoms with van der Waals surface area (Å²) in [5.74, 6) is -0.719. The van der Waals surface area contributed by atoms with E-state index in [0.29, 0.717) is 6.07 Å². The predicted molar refractivity (Wildman–Crippen MR) is 92.1 cm³/mol. The molecule has 1 aromatic rings. The molecule has 11 heteroatoms. The number of nitro benzene ring substituents is 1. The van der Waals surface area contributed by atoms with Crippen molar-refractivity contribution in [2.45, 2.75) is 32.5 Å². The first-order chi connectivity index (χ1) is 12.4. The summed E-state index contributed by atoms with van der Waals surface area (Å²) in [6.07, 6.45) is -4.79. The smallest absolute Gasteiger partial charge is 0.379 e. The Morgan fingerprint density at radius 3 is 2.44 bits per heavy atom. The number of nitrogens with one attached hydrogen (secondary N) is 2. The van der Waals surface area contributed by atoms with Gasteiger partial charge in [0.15, 0.2) is 0 Å². The number of benzene rings is 1. The van der Waals surface area contributed by atoms with Crippen LogP contribution in [0.2, 0.25) is 0 Å². The number of hydrogen-bond donors (Lipinski definition) is 2. The summed E-state index contributed by atoms with van der Waals surface area (Å²) < 4.78 is 38.0. The van der Waals surface area contributed by atoms with Crippen LogP contribution in [-0.4, -0.2) is 47.8 Å². The van der Waals surface area contributed by atoms with Gasteiger partial charge in [0, 0.05) is 32.1 Å². The first kappa shape index (κ1) is 22.2. The molecule has 2 N–H and O–H groups in total. The monoisotopic (exact) mass is 390 g/mol. The van der Waals surface area contributed by atoms with Crippen molar-refractivity contribution in [3.05, 3.63) is 33.9 Å². The lowest BCUT2D eigenvalue weighted by molar-refractivity contribution is -0.384. The molecular weight excluding hydrogens is 369 g/mol. The summed E-state index contributed by atoms with van der Waals surface area (Å²) in [5.41, 5.74) is -1.99. The molecule has 0 atom stereocenters. The number of carbonyl (C=O) groups excluding carboxylic acids is 2. The van der Waals surface area contributed by atoms with E-state index < -0.39 is 28.3 Å². The first-order valence-corrected chi connectivity index (χ1v) is 8.04. The van der Waals surface area contributed by atoms with Gasteiger partial charge in [0.2, 0.25) is 11.8 Å². The standard InChI is InChI=1S/C16H21F3N4O4/c1-10(2)21-14(24)9-22(3)15(25)6-7-20-12-5-4-11(16(17,18)19)8-13(12)23(26)27/h4-5,8,10,20H,6-7,9H2,1-3H3,(H,21,24). The molecule has 0 unspecified atom stereocenters. The van der Waals surface area contributed by atoms with Crippen molar-refractivity contribution in [1.29, 1.82) is 0 Å². The molecule has 0 heterocycles. The minimum absolute atomic E-state index is 0.0405. The number of nitrogens with zero attached hydrogens (tertiary/aromatic N) is 2. The fraction of sp³-hybridized carbons (Fsp3) is 0.500. The summed E-state index contributed by atoms with van der Waals surface area (Å²) in [5, 5.41) is 16.2. The van der Waals surface area contributed by atoms with E-state index in [1.807, 2.05) is 0 Å². The fourth-order valence-corrected chi connectivity index (χ4v) is 2.17. The molecular formula is C16H21F3N4O4. The molecule has 0 radical (unpaired) electrons. The molecule has 1 aromatic carbocycles. The Bertz CT molecular complexity index is 707. The van der Waals surface area contributed by atoms with E-state index in [0.717, 1.165) is 12.1 Å². The first-order valence-electron chi connectivity index (χ1n) is 8.04. The van der Waals surface area contributed by atoms with Gasteiger partial charge < -0.3 is 15.5 Å². The number of hydrogen-bond acceptors (Lipinski definition) is 5. The Hall–Kier alpha value is -2.85. The minimum atomic E-state index is -4.70. The van der Waals surface area contributed by atoms with Gasteiger partial charge in [-0.25, -0.2) is 0 Å². The Balaban J connectivity index is 2.66. The number of carbonyl (C=O) groups is 2. The van der Waals surface area contributed by atoms with E-state index in [-0.39, 0.29) is 37.1 Å². The molecule has 0 saturated carbocycles. The van der Waals surface area contributed by atoms with Gasteiger partial charge >= 0.3 is 6.18 Å². The molecule has 0 spiro atoms. The van der Waals surface area contributed by atoms with E-state index in [9.17, 15) is 32.9 Å². The molecule has 0 saturated heterocycles. The Morgan fingerprint density at radius 1 is 1.30 bits per heavy atom. The maximum absolute atomic E-state index is 12.7. The summed E-state index contributed by atoms with van der Waals surface area (Å²) in [6, 6.07) is 2.04. The summed E-state index contributed by atoms with van der Waals surface area (Å²) >= 11 is 0. The molecule has 0 aromatic heterocycles. The minimum Gasteiger partial charge on any atom is -0.379 e. The second-order valence-electron chi connectivity index (χ2n) is 6.14. The summed E-state index contributed by atoms with van der Waals surface area (Å²) in [4.78, 5) is 34.9. The molecule has 0 bridgehead atoms. The van der Waals surface area contributed by atoms with Gasteiger partial charge in [-0.3, -0.25) is 19.7 Å². The summed E-state index contributed by atoms with van der Waals surface area (Å²) in [6.45, 7) is 3.37. The van der Waals surface area contributed by atoms with Gasteiger partial charge in [-0.2, -0.15) is 13.2 Å². The van der Waals surface area contributed by atoms with Crippen molar-refractivity contribution in [2.24, 2.45) is 0 Å². The second kappa shape index (κ2) is 9.19. The number of amides is 2. The molecule has 150 valence electrons. The Labute approximate surface area is 153 Å². The predicted octanol–water partition coefficient (Wildman–Crippen LogP) is 2.40. The van der Waals surface area contributed by atoms with Crippen LogP contribution in [0.1, 0.15) is 25.8 Å². The zero-order valence-corrected chi connectivity index (χ0v) is 15.1. The molecule has 0 aliphatic heterocycles. The number of nitro groups is 1. The maximum atomic E-state index is 12.7. The topological polar surface area (TPSA) is 105 Å². The van der Waals surface area contributed by atoms with E-state index in [1.54, 1.807) is 13.8 Å². The lowest BCUT2D eigenvalue weighted by atomic mass is 10.1. The van der Waals surface area contributed by atoms with Crippen molar-refractivity contribution < 1.29 is 27.7 Å². The van der Waals surface area contributed by atoms with Gasteiger partial charge in [0.25, 0.3) is 5.69 Å². The van der Waals surface area contributed by atoms with Crippen LogP contribution in [0.3, 0.4) is 0 Å². The number of rotatable bonds is 8. The van der Waals surface area contributed by atoms with Gasteiger partial charge in [-0.1, -0.05) is 0 Å². The van der Waals surface area contributed by atoms with Crippen LogP contribution in [0.15, 0.2) is 18.2 Å². The third kappa shape index (κ3) is 7.12. The molecule has 2 amide bonds. The second-order valence-corrected chi connectivity index (χ2v) is 6.14. The maximum Gasteiger partial charge on any atom is 0.416 e. The highest BCUT2D eigenvalue weighted by Crippen LogP contribution is 2.34. The molecule has 1 rings (SSSR count). The molecule has 0 aliphatic carbocycles. The number of halogens is 3. The van der Waals surface area contributed by atoms with Crippen molar-refractivity contribution in [3.8, 4) is 0 Å². The Morgan fingerprint density at radius 2 is 1.93 bits per heavy atom. The lowest BCUT2D eigenvalue weighted by Gasteiger charge is -2.18. The van der Waals surface area contributed by atoms with Crippen LogP contribution < -0.4 is 10.6 Å². The number of likely N-dealkylation sites (N-methyl/N-ethyl adjacent to an activating group) is 1. The molecule has 8 nitrogen and oxygen atoms in total.